The molecule has 11 aromatic rings. The van der Waals surface area contributed by atoms with Crippen LogP contribution in [0.3, 0.4) is 0 Å². The molecule has 2 heteroatoms. The molecule has 0 fully saturated rings. The highest BCUT2D eigenvalue weighted by Gasteiger charge is 2.41. The van der Waals surface area contributed by atoms with E-state index in [1.807, 2.05) is 6.07 Å². The molecule has 0 bridgehead atoms. The molecule has 1 heterocycles. The maximum absolute atomic E-state index is 6.47. The number of rotatable bonds is 7. The van der Waals surface area contributed by atoms with Crippen molar-refractivity contribution in [3.63, 3.8) is 0 Å². The molecule has 1 atom stereocenters. The highest BCUT2D eigenvalue weighted by atomic mass is 16.3. The lowest BCUT2D eigenvalue weighted by Gasteiger charge is -2.29. The minimum Gasteiger partial charge on any atom is -0.456 e. The zero-order valence-corrected chi connectivity index (χ0v) is 37.8. The second kappa shape index (κ2) is 14.9. The summed E-state index contributed by atoms with van der Waals surface area (Å²) in [4.78, 5) is 2.39. The Labute approximate surface area is 392 Å². The number of benzene rings is 10. The van der Waals surface area contributed by atoms with Gasteiger partial charge in [-0.1, -0.05) is 196 Å². The van der Waals surface area contributed by atoms with Crippen molar-refractivity contribution >= 4 is 39.0 Å². The minimum atomic E-state index is -0.262. The van der Waals surface area contributed by atoms with Gasteiger partial charge in [0.2, 0.25) is 0 Å². The first-order valence-electron chi connectivity index (χ1n) is 23.4. The summed E-state index contributed by atoms with van der Waals surface area (Å²) in [5.74, 6) is 0. The van der Waals surface area contributed by atoms with E-state index in [9.17, 15) is 0 Å². The number of furan rings is 1. The molecule has 2 aliphatic rings. The van der Waals surface area contributed by atoms with Gasteiger partial charge < -0.3 is 9.32 Å². The lowest BCUT2D eigenvalue weighted by atomic mass is 9.74. The first kappa shape index (κ1) is 39.2. The monoisotopic (exact) mass is 857 g/mol. The molecule has 67 heavy (non-hydrogen) atoms. The topological polar surface area (TPSA) is 16.4 Å². The fourth-order valence-corrected chi connectivity index (χ4v) is 11.8. The molecule has 0 aliphatic heterocycles. The van der Waals surface area contributed by atoms with Gasteiger partial charge in [0, 0.05) is 27.6 Å². The number of nitrogens with zero attached hydrogens (tertiary/aromatic N) is 1. The van der Waals surface area contributed by atoms with E-state index in [2.05, 4.69) is 250 Å². The quantitative estimate of drug-likeness (QED) is 0.159. The van der Waals surface area contributed by atoms with Gasteiger partial charge in [0.05, 0.1) is 11.1 Å². The van der Waals surface area contributed by atoms with Gasteiger partial charge in [-0.25, -0.2) is 0 Å². The first-order chi connectivity index (χ1) is 32.9. The van der Waals surface area contributed by atoms with Gasteiger partial charge in [0.1, 0.15) is 11.2 Å². The predicted octanol–water partition coefficient (Wildman–Crippen LogP) is 17.7. The van der Waals surface area contributed by atoms with Crippen molar-refractivity contribution in [1.29, 1.82) is 0 Å². The normalized spacial score (nSPS) is 15.3. The highest BCUT2D eigenvalue weighted by Crippen LogP contribution is 2.55. The average molecular weight is 858 g/mol. The number of para-hydroxylation sites is 1. The smallest absolute Gasteiger partial charge is 0.137 e. The molecule has 0 spiro atoms. The highest BCUT2D eigenvalue weighted by molar-refractivity contribution is 6.13. The molecule has 318 valence electrons. The van der Waals surface area contributed by atoms with Crippen LogP contribution in [0.25, 0.3) is 77.6 Å². The van der Waals surface area contributed by atoms with Crippen LogP contribution in [0.4, 0.5) is 17.1 Å². The molecule has 0 saturated carbocycles. The average Bonchev–Trinajstić information content (AvgIpc) is 3.98. The van der Waals surface area contributed by atoms with Gasteiger partial charge in [0.15, 0.2) is 0 Å². The van der Waals surface area contributed by atoms with Crippen LogP contribution >= 0.6 is 0 Å². The SMILES string of the molecule is CC1(C)c2ccccc2-c2cccc(-c3ccccc3-c3ccc(N(c4ccc(-c5ccc6c(c5)C(C)(c5ccccc5)c5ccccc5-6)cc4)c4cccc5oc6ccccc6c45)cc3)c21. The van der Waals surface area contributed by atoms with Crippen LogP contribution in [0.5, 0.6) is 0 Å². The number of hydrogen-bond acceptors (Lipinski definition) is 2. The Morgan fingerprint density at radius 1 is 0.358 bits per heavy atom. The van der Waals surface area contributed by atoms with E-state index in [-0.39, 0.29) is 10.8 Å². The molecule has 0 N–H and O–H groups in total. The molecule has 0 saturated heterocycles. The van der Waals surface area contributed by atoms with Crippen LogP contribution in [-0.2, 0) is 10.8 Å². The van der Waals surface area contributed by atoms with Crippen LogP contribution in [0.1, 0.15) is 48.6 Å². The van der Waals surface area contributed by atoms with E-state index >= 15 is 0 Å². The standard InChI is InChI=1S/C65H47NO/c1-64(2)56-26-12-9-22-51(56)54-25-15-24-53(63(54)64)49-20-8-7-19-48(49)43-33-38-47(39-34-43)66(59-28-16-30-61-62(59)55-23-11-14-29-60(55)67-61)46-36-31-42(32-37-46)44-35-40-52-50-21-10-13-27-57(50)65(3,58(52)41-44)45-17-5-4-6-18-45/h4-41H,1-3H3. The fraction of sp³-hybridized carbons (Fsp3) is 0.0769. The van der Waals surface area contributed by atoms with E-state index in [0.717, 1.165) is 39.0 Å². The summed E-state index contributed by atoms with van der Waals surface area (Å²) in [7, 11) is 0. The van der Waals surface area contributed by atoms with Gasteiger partial charge in [-0.05, 0) is 139 Å². The van der Waals surface area contributed by atoms with Crippen molar-refractivity contribution in [2.75, 3.05) is 4.90 Å². The Balaban J connectivity index is 0.917. The van der Waals surface area contributed by atoms with Gasteiger partial charge in [0.25, 0.3) is 0 Å². The molecular weight excluding hydrogens is 811 g/mol. The van der Waals surface area contributed by atoms with Crippen LogP contribution in [0, 0.1) is 0 Å². The first-order valence-corrected chi connectivity index (χ1v) is 23.4. The maximum atomic E-state index is 6.47. The molecule has 0 amide bonds. The van der Waals surface area contributed by atoms with E-state index in [0.29, 0.717) is 0 Å². The molecule has 10 aromatic carbocycles. The zero-order chi connectivity index (χ0) is 44.9. The minimum absolute atomic E-state index is 0.122. The van der Waals surface area contributed by atoms with Gasteiger partial charge in [-0.2, -0.15) is 0 Å². The van der Waals surface area contributed by atoms with Crippen molar-refractivity contribution in [1.82, 2.24) is 0 Å². The summed E-state index contributed by atoms with van der Waals surface area (Å²) >= 11 is 0. The molecule has 0 radical (unpaired) electrons. The van der Waals surface area contributed by atoms with Gasteiger partial charge in [-0.15, -0.1) is 0 Å². The lowest BCUT2D eigenvalue weighted by molar-refractivity contribution is 0.662. The van der Waals surface area contributed by atoms with E-state index < -0.39 is 0 Å². The predicted molar refractivity (Wildman–Crippen MR) is 280 cm³/mol. The van der Waals surface area contributed by atoms with Crippen molar-refractivity contribution in [2.24, 2.45) is 0 Å². The molecule has 13 rings (SSSR count). The molecular formula is C65H47NO. The summed E-state index contributed by atoms with van der Waals surface area (Å²) in [5.41, 5.74) is 23.9. The van der Waals surface area contributed by atoms with Crippen LogP contribution in [0.15, 0.2) is 235 Å². The van der Waals surface area contributed by atoms with Crippen molar-refractivity contribution in [3.8, 4) is 55.6 Å². The summed E-state index contributed by atoms with van der Waals surface area (Å²) in [6.45, 7) is 7.13. The second-order valence-corrected chi connectivity index (χ2v) is 18.9. The van der Waals surface area contributed by atoms with Crippen molar-refractivity contribution < 1.29 is 4.42 Å². The third-order valence-electron chi connectivity index (χ3n) is 15.0. The maximum Gasteiger partial charge on any atom is 0.137 e. The third kappa shape index (κ3) is 5.89. The van der Waals surface area contributed by atoms with E-state index in [1.54, 1.807) is 0 Å². The van der Waals surface area contributed by atoms with Crippen molar-refractivity contribution in [3.05, 3.63) is 258 Å². The van der Waals surface area contributed by atoms with Gasteiger partial charge >= 0.3 is 0 Å². The zero-order valence-electron chi connectivity index (χ0n) is 37.8. The Morgan fingerprint density at radius 2 is 0.881 bits per heavy atom. The Bertz CT molecular complexity index is 3730. The van der Waals surface area contributed by atoms with E-state index in [1.165, 1.54) is 83.5 Å². The number of anilines is 3. The molecule has 1 unspecified atom stereocenters. The largest absolute Gasteiger partial charge is 0.456 e. The van der Waals surface area contributed by atoms with Crippen LogP contribution in [0.2, 0.25) is 0 Å². The molecule has 2 aliphatic carbocycles. The van der Waals surface area contributed by atoms with Crippen molar-refractivity contribution in [2.45, 2.75) is 31.6 Å². The van der Waals surface area contributed by atoms with E-state index in [4.69, 9.17) is 4.42 Å². The summed E-state index contributed by atoms with van der Waals surface area (Å²) in [6, 6.07) is 84.5. The van der Waals surface area contributed by atoms with Crippen LogP contribution in [-0.4, -0.2) is 0 Å². The third-order valence-corrected chi connectivity index (χ3v) is 15.0. The lowest BCUT2D eigenvalue weighted by Crippen LogP contribution is -2.22. The summed E-state index contributed by atoms with van der Waals surface area (Å²) in [5, 5.41) is 2.19. The molecule has 1 aromatic heterocycles. The fourth-order valence-electron chi connectivity index (χ4n) is 11.8. The second-order valence-electron chi connectivity index (χ2n) is 18.9. The summed E-state index contributed by atoms with van der Waals surface area (Å²) in [6.07, 6.45) is 0. The Morgan fingerprint density at radius 3 is 1.63 bits per heavy atom. The Kier molecular flexibility index (Phi) is 8.73. The van der Waals surface area contributed by atoms with Gasteiger partial charge in [-0.3, -0.25) is 0 Å². The summed E-state index contributed by atoms with van der Waals surface area (Å²) < 4.78 is 6.47. The number of fused-ring (bicyclic) bond motifs is 9. The van der Waals surface area contributed by atoms with Crippen LogP contribution < -0.4 is 4.90 Å². The number of hydrogen-bond donors (Lipinski definition) is 0. The molecule has 2 nitrogen and oxygen atoms in total. The Hall–Kier alpha value is -8.20.